The lowest BCUT2D eigenvalue weighted by molar-refractivity contribution is 0.241. The maximum atomic E-state index is 14.4. The second kappa shape index (κ2) is 12.9. The van der Waals surface area contributed by atoms with Crippen LogP contribution in [0.1, 0.15) is 36.6 Å². The molecule has 0 saturated heterocycles. The average Bonchev–Trinajstić information content (AvgIpc) is 3.33. The molecule has 0 unspecified atom stereocenters. The minimum Gasteiger partial charge on any atom is -0.326 e. The van der Waals surface area contributed by atoms with E-state index in [-0.39, 0.29) is 5.02 Å². The normalized spacial score (nSPS) is 11.3. The molecule has 3 nitrogen and oxygen atoms in total. The summed E-state index contributed by atoms with van der Waals surface area (Å²) in [7, 11) is 0. The number of rotatable bonds is 11. The van der Waals surface area contributed by atoms with Gasteiger partial charge in [-0.15, -0.1) is 0 Å². The highest BCUT2D eigenvalue weighted by atomic mass is 35.5. The molecule has 5 aromatic rings. The Hall–Kier alpha value is -3.73. The van der Waals surface area contributed by atoms with Crippen molar-refractivity contribution in [2.45, 2.75) is 45.9 Å². The molecule has 0 aliphatic carbocycles. The number of unbranched alkanes of at least 4 members (excludes halogenated alkanes) is 1. The van der Waals surface area contributed by atoms with Crippen molar-refractivity contribution in [3.05, 3.63) is 137 Å². The summed E-state index contributed by atoms with van der Waals surface area (Å²) in [5.74, 6) is 0.591. The van der Waals surface area contributed by atoms with Crippen molar-refractivity contribution >= 4 is 11.6 Å². The third-order valence-electron chi connectivity index (χ3n) is 6.90. The Kier molecular flexibility index (Phi) is 8.87. The van der Waals surface area contributed by atoms with Crippen LogP contribution in [0, 0.1) is 5.82 Å². The maximum Gasteiger partial charge on any atom is 0.142 e. The standard InChI is InChI=1S/C34H33ClFN3/c1-2-3-21-39-32(33(28-15-9-5-10-16-28)37-34(39)29-17-11-6-12-18-29)25-38(23-26-13-7-4-8-14-26)24-27-19-20-30(35)31(36)22-27/h4-20,22H,2-3,21,23-25H2,1H3. The quantitative estimate of drug-likeness (QED) is 0.167. The van der Waals surface area contributed by atoms with Crippen LogP contribution < -0.4 is 0 Å². The molecule has 1 aromatic heterocycles. The van der Waals surface area contributed by atoms with Crippen molar-refractivity contribution in [3.63, 3.8) is 0 Å². The molecule has 0 saturated carbocycles. The summed E-state index contributed by atoms with van der Waals surface area (Å²) >= 11 is 6.00. The number of benzene rings is 4. The summed E-state index contributed by atoms with van der Waals surface area (Å²) in [6.07, 6.45) is 2.14. The maximum absolute atomic E-state index is 14.4. The van der Waals surface area contributed by atoms with E-state index in [4.69, 9.17) is 16.6 Å². The van der Waals surface area contributed by atoms with E-state index in [1.807, 2.05) is 24.3 Å². The van der Waals surface area contributed by atoms with Gasteiger partial charge in [-0.3, -0.25) is 4.90 Å². The summed E-state index contributed by atoms with van der Waals surface area (Å²) in [6.45, 7) is 5.06. The topological polar surface area (TPSA) is 21.1 Å². The van der Waals surface area contributed by atoms with Gasteiger partial charge in [-0.05, 0) is 29.7 Å². The Morgan fingerprint density at radius 2 is 1.36 bits per heavy atom. The van der Waals surface area contributed by atoms with Crippen LogP contribution in [-0.4, -0.2) is 14.5 Å². The molecule has 39 heavy (non-hydrogen) atoms. The van der Waals surface area contributed by atoms with Gasteiger partial charge in [-0.2, -0.15) is 0 Å². The van der Waals surface area contributed by atoms with Gasteiger partial charge in [-0.25, -0.2) is 9.37 Å². The van der Waals surface area contributed by atoms with E-state index in [1.165, 1.54) is 11.3 Å². The number of imidazole rings is 1. The monoisotopic (exact) mass is 537 g/mol. The highest BCUT2D eigenvalue weighted by Gasteiger charge is 2.22. The lowest BCUT2D eigenvalue weighted by Crippen LogP contribution is -2.24. The molecule has 0 amide bonds. The first-order valence-electron chi connectivity index (χ1n) is 13.5. The fourth-order valence-corrected chi connectivity index (χ4v) is 5.07. The molecule has 0 fully saturated rings. The minimum atomic E-state index is -0.391. The van der Waals surface area contributed by atoms with Gasteiger partial charge in [0.25, 0.3) is 0 Å². The molecule has 0 bridgehead atoms. The zero-order valence-corrected chi connectivity index (χ0v) is 23.0. The van der Waals surface area contributed by atoms with Gasteiger partial charge in [0, 0.05) is 37.3 Å². The Bertz CT molecular complexity index is 1480. The van der Waals surface area contributed by atoms with Gasteiger partial charge in [-0.1, -0.05) is 122 Å². The van der Waals surface area contributed by atoms with Crippen LogP contribution in [0.25, 0.3) is 22.6 Å². The summed E-state index contributed by atoms with van der Waals surface area (Å²) in [6, 6.07) is 36.3. The number of halogens is 2. The van der Waals surface area contributed by atoms with Crippen LogP contribution in [-0.2, 0) is 26.2 Å². The zero-order chi connectivity index (χ0) is 27.0. The number of nitrogens with zero attached hydrogens (tertiary/aromatic N) is 3. The van der Waals surface area contributed by atoms with Gasteiger partial charge in [0.2, 0.25) is 0 Å². The van der Waals surface area contributed by atoms with Crippen LogP contribution >= 0.6 is 11.6 Å². The van der Waals surface area contributed by atoms with Crippen LogP contribution in [0.15, 0.2) is 109 Å². The third-order valence-corrected chi connectivity index (χ3v) is 7.21. The largest absolute Gasteiger partial charge is 0.326 e. The first kappa shape index (κ1) is 26.9. The van der Waals surface area contributed by atoms with E-state index in [9.17, 15) is 4.39 Å². The summed E-state index contributed by atoms with van der Waals surface area (Å²) in [5, 5.41) is 0.143. The van der Waals surface area contributed by atoms with Crippen LogP contribution in [0.5, 0.6) is 0 Å². The smallest absolute Gasteiger partial charge is 0.142 e. The minimum absolute atomic E-state index is 0.143. The third kappa shape index (κ3) is 6.65. The second-order valence-electron chi connectivity index (χ2n) is 9.85. The van der Waals surface area contributed by atoms with Gasteiger partial charge in [0.1, 0.15) is 11.6 Å². The fourth-order valence-electron chi connectivity index (χ4n) is 4.96. The van der Waals surface area contributed by atoms with E-state index in [0.717, 1.165) is 54.1 Å². The predicted octanol–water partition coefficient (Wildman–Crippen LogP) is 9.01. The van der Waals surface area contributed by atoms with E-state index in [1.54, 1.807) is 12.1 Å². The van der Waals surface area contributed by atoms with Crippen LogP contribution in [0.2, 0.25) is 5.02 Å². The molecule has 5 heteroatoms. The van der Waals surface area contributed by atoms with Crippen molar-refractivity contribution in [3.8, 4) is 22.6 Å². The fraction of sp³-hybridized carbons (Fsp3) is 0.206. The van der Waals surface area contributed by atoms with Crippen molar-refractivity contribution in [2.75, 3.05) is 0 Å². The first-order chi connectivity index (χ1) is 19.1. The van der Waals surface area contributed by atoms with E-state index < -0.39 is 5.82 Å². The Morgan fingerprint density at radius 3 is 2.00 bits per heavy atom. The van der Waals surface area contributed by atoms with Crippen molar-refractivity contribution in [2.24, 2.45) is 0 Å². The molecule has 4 aromatic carbocycles. The summed E-state index contributed by atoms with van der Waals surface area (Å²) in [4.78, 5) is 7.62. The number of aromatic nitrogens is 2. The van der Waals surface area contributed by atoms with Crippen molar-refractivity contribution in [1.82, 2.24) is 14.5 Å². The highest BCUT2D eigenvalue weighted by molar-refractivity contribution is 6.30. The van der Waals surface area contributed by atoms with E-state index in [0.29, 0.717) is 13.1 Å². The van der Waals surface area contributed by atoms with Crippen LogP contribution in [0.3, 0.4) is 0 Å². The van der Waals surface area contributed by atoms with Gasteiger partial charge in [0.15, 0.2) is 0 Å². The molecular weight excluding hydrogens is 505 g/mol. The molecule has 0 aliphatic rings. The van der Waals surface area contributed by atoms with Crippen molar-refractivity contribution in [1.29, 1.82) is 0 Å². The molecule has 0 atom stereocenters. The van der Waals surface area contributed by atoms with Gasteiger partial charge in [0.05, 0.1) is 16.4 Å². The van der Waals surface area contributed by atoms with Gasteiger partial charge >= 0.3 is 0 Å². The first-order valence-corrected chi connectivity index (χ1v) is 13.9. The molecule has 0 spiro atoms. The second-order valence-corrected chi connectivity index (χ2v) is 10.3. The zero-order valence-electron chi connectivity index (χ0n) is 22.2. The Balaban J connectivity index is 1.61. The lowest BCUT2D eigenvalue weighted by atomic mass is 10.1. The number of hydrogen-bond donors (Lipinski definition) is 0. The number of hydrogen-bond acceptors (Lipinski definition) is 2. The molecule has 0 N–H and O–H groups in total. The van der Waals surface area contributed by atoms with E-state index >= 15 is 0 Å². The van der Waals surface area contributed by atoms with E-state index in [2.05, 4.69) is 89.2 Å². The molecular formula is C34H33ClFN3. The molecule has 5 rings (SSSR count). The summed E-state index contributed by atoms with van der Waals surface area (Å²) in [5.41, 5.74) is 6.45. The van der Waals surface area contributed by atoms with Gasteiger partial charge < -0.3 is 4.57 Å². The molecule has 0 aliphatic heterocycles. The highest BCUT2D eigenvalue weighted by Crippen LogP contribution is 2.32. The average molecular weight is 538 g/mol. The molecule has 198 valence electrons. The Labute approximate surface area is 235 Å². The SMILES string of the molecule is CCCCn1c(-c2ccccc2)nc(-c2ccccc2)c1CN(Cc1ccccc1)Cc1ccc(Cl)c(F)c1. The predicted molar refractivity (Wildman–Crippen MR) is 159 cm³/mol. The summed E-state index contributed by atoms with van der Waals surface area (Å²) < 4.78 is 16.8. The van der Waals surface area contributed by atoms with Crippen LogP contribution in [0.4, 0.5) is 4.39 Å². The molecule has 1 heterocycles. The van der Waals surface area contributed by atoms with Crippen molar-refractivity contribution < 1.29 is 4.39 Å². The lowest BCUT2D eigenvalue weighted by Gasteiger charge is -2.25. The molecule has 0 radical (unpaired) electrons. The Morgan fingerprint density at radius 1 is 0.744 bits per heavy atom.